The van der Waals surface area contributed by atoms with Crippen LogP contribution in [0.15, 0.2) is 48.8 Å². The Labute approximate surface area is 215 Å². The molecule has 0 spiro atoms. The van der Waals surface area contributed by atoms with Gasteiger partial charge in [0.2, 0.25) is 0 Å². The van der Waals surface area contributed by atoms with Gasteiger partial charge in [-0.15, -0.1) is 0 Å². The monoisotopic (exact) mass is 496 g/mol. The van der Waals surface area contributed by atoms with Gasteiger partial charge in [-0.2, -0.15) is 5.10 Å². The number of hydrogen-bond donors (Lipinski definition) is 2. The van der Waals surface area contributed by atoms with Gasteiger partial charge >= 0.3 is 6.03 Å². The summed E-state index contributed by atoms with van der Waals surface area (Å²) in [6, 6.07) is 11.2. The first-order chi connectivity index (χ1) is 18.1. The number of amides is 2. The van der Waals surface area contributed by atoms with Gasteiger partial charge in [0.1, 0.15) is 5.65 Å². The molecule has 3 aliphatic heterocycles. The van der Waals surface area contributed by atoms with Crippen LogP contribution in [0.4, 0.5) is 16.2 Å². The molecule has 3 aliphatic rings. The van der Waals surface area contributed by atoms with E-state index in [1.807, 2.05) is 35.1 Å². The maximum Gasteiger partial charge on any atom is 0.320 e. The first-order valence-corrected chi connectivity index (χ1v) is 13.3. The van der Waals surface area contributed by atoms with Crippen molar-refractivity contribution in [1.82, 2.24) is 34.4 Å². The minimum absolute atomic E-state index is 0.192. The first-order valence-electron chi connectivity index (χ1n) is 13.3. The average Bonchev–Trinajstić information content (AvgIpc) is 3.67. The molecule has 37 heavy (non-hydrogen) atoms. The van der Waals surface area contributed by atoms with E-state index in [0.717, 1.165) is 71.6 Å². The van der Waals surface area contributed by atoms with Crippen molar-refractivity contribution >= 4 is 44.9 Å². The largest absolute Gasteiger partial charge is 0.355 e. The van der Waals surface area contributed by atoms with E-state index in [2.05, 4.69) is 60.5 Å². The molecule has 6 heterocycles. The quantitative estimate of drug-likeness (QED) is 0.445. The summed E-state index contributed by atoms with van der Waals surface area (Å²) in [6.07, 6.45) is 9.22. The summed E-state index contributed by atoms with van der Waals surface area (Å²) in [5.74, 6) is 0. The number of carbonyl (C=O) groups is 1. The van der Waals surface area contributed by atoms with Gasteiger partial charge in [-0.1, -0.05) is 6.08 Å². The molecule has 9 nitrogen and oxygen atoms in total. The maximum absolute atomic E-state index is 13.2. The minimum atomic E-state index is 0.192. The fourth-order valence-corrected chi connectivity index (χ4v) is 6.16. The highest BCUT2D eigenvalue weighted by atomic mass is 16.2. The van der Waals surface area contributed by atoms with Gasteiger partial charge in [0.15, 0.2) is 0 Å². The standard InChI is InChI=1S/C28H32N8O/c1-33-26-5-4-21(15-20(26)17-30-33)31-24-6-9-29-27-23(24)16-25(32-27)19-7-11-35(12-8-19)28(37)36-14-13-34-10-2-3-22(34)18-36/h4-7,9,15-17,22H,2-3,8,10-14,18H2,1H3,(H2,29,31,32). The number of anilines is 2. The molecule has 1 atom stereocenters. The molecule has 7 rings (SSSR count). The number of carbonyl (C=O) groups excluding carboxylic acids is 1. The highest BCUT2D eigenvalue weighted by Gasteiger charge is 2.34. The number of aryl methyl sites for hydroxylation is 1. The van der Waals surface area contributed by atoms with E-state index in [0.29, 0.717) is 12.6 Å². The van der Waals surface area contributed by atoms with Gasteiger partial charge in [-0.25, -0.2) is 9.78 Å². The lowest BCUT2D eigenvalue weighted by Crippen LogP contribution is -2.55. The molecule has 190 valence electrons. The SMILES string of the molecule is Cn1ncc2cc(Nc3ccnc4[nH]c(C5=CCN(C(=O)N6CCN7CCCC7C6)CC5)cc34)ccc21. The number of aromatic nitrogens is 4. The molecule has 2 amide bonds. The Kier molecular flexibility index (Phi) is 5.39. The van der Waals surface area contributed by atoms with Crippen molar-refractivity contribution in [2.45, 2.75) is 25.3 Å². The number of fused-ring (bicyclic) bond motifs is 3. The molecule has 9 heteroatoms. The highest BCUT2D eigenvalue weighted by molar-refractivity contribution is 5.95. The minimum Gasteiger partial charge on any atom is -0.355 e. The number of urea groups is 1. The normalized spacial score (nSPS) is 20.5. The molecular formula is C28H32N8O. The third kappa shape index (κ3) is 4.03. The Balaban J connectivity index is 1.07. The van der Waals surface area contributed by atoms with Crippen LogP contribution in [0.3, 0.4) is 0 Å². The molecule has 2 fully saturated rings. The Morgan fingerprint density at radius 2 is 2.05 bits per heavy atom. The van der Waals surface area contributed by atoms with Crippen LogP contribution in [-0.2, 0) is 7.05 Å². The van der Waals surface area contributed by atoms with Crippen LogP contribution in [0.5, 0.6) is 0 Å². The van der Waals surface area contributed by atoms with Gasteiger partial charge in [0.25, 0.3) is 0 Å². The topological polar surface area (TPSA) is 85.3 Å². The van der Waals surface area contributed by atoms with Crippen molar-refractivity contribution in [1.29, 1.82) is 0 Å². The van der Waals surface area contributed by atoms with Gasteiger partial charge in [-0.05, 0) is 61.7 Å². The van der Waals surface area contributed by atoms with E-state index in [1.54, 1.807) is 0 Å². The first kappa shape index (κ1) is 22.4. The summed E-state index contributed by atoms with van der Waals surface area (Å²) in [7, 11) is 1.95. The molecule has 2 N–H and O–H groups in total. The zero-order valence-corrected chi connectivity index (χ0v) is 21.2. The Morgan fingerprint density at radius 1 is 1.11 bits per heavy atom. The zero-order chi connectivity index (χ0) is 24.9. The third-order valence-corrected chi connectivity index (χ3v) is 8.24. The lowest BCUT2D eigenvalue weighted by atomic mass is 10.0. The van der Waals surface area contributed by atoms with Crippen LogP contribution >= 0.6 is 0 Å². The molecule has 4 aromatic rings. The van der Waals surface area contributed by atoms with Crippen molar-refractivity contribution in [3.8, 4) is 0 Å². The number of rotatable bonds is 3. The van der Waals surface area contributed by atoms with Gasteiger partial charge in [-0.3, -0.25) is 9.58 Å². The van der Waals surface area contributed by atoms with Crippen LogP contribution in [0.2, 0.25) is 0 Å². The van der Waals surface area contributed by atoms with Gasteiger partial charge in [0, 0.05) is 74.2 Å². The fourth-order valence-electron chi connectivity index (χ4n) is 6.16. The van der Waals surface area contributed by atoms with Crippen molar-refractivity contribution in [2.75, 3.05) is 44.6 Å². The maximum atomic E-state index is 13.2. The van der Waals surface area contributed by atoms with E-state index in [9.17, 15) is 4.79 Å². The fraction of sp³-hybridized carbons (Fsp3) is 0.393. The van der Waals surface area contributed by atoms with Gasteiger partial charge in [0.05, 0.1) is 17.4 Å². The van der Waals surface area contributed by atoms with E-state index in [1.165, 1.54) is 25.0 Å². The predicted molar refractivity (Wildman–Crippen MR) is 146 cm³/mol. The number of piperazine rings is 1. The average molecular weight is 497 g/mol. The number of pyridine rings is 1. The summed E-state index contributed by atoms with van der Waals surface area (Å²) in [6.45, 7) is 5.33. The van der Waals surface area contributed by atoms with Gasteiger partial charge < -0.3 is 20.1 Å². The Hall–Kier alpha value is -3.85. The van der Waals surface area contributed by atoms with Crippen LogP contribution in [-0.4, -0.2) is 85.8 Å². The summed E-state index contributed by atoms with van der Waals surface area (Å²) < 4.78 is 1.88. The second-order valence-corrected chi connectivity index (χ2v) is 10.5. The molecular weight excluding hydrogens is 464 g/mol. The molecule has 1 unspecified atom stereocenters. The second-order valence-electron chi connectivity index (χ2n) is 10.5. The molecule has 0 aliphatic carbocycles. The van der Waals surface area contributed by atoms with Crippen molar-refractivity contribution in [3.63, 3.8) is 0 Å². The number of H-pyrrole nitrogens is 1. The number of aromatic amines is 1. The van der Waals surface area contributed by atoms with Crippen LogP contribution < -0.4 is 5.32 Å². The summed E-state index contributed by atoms with van der Waals surface area (Å²) in [4.78, 5) is 27.9. The summed E-state index contributed by atoms with van der Waals surface area (Å²) >= 11 is 0. The number of nitrogens with zero attached hydrogens (tertiary/aromatic N) is 6. The molecule has 0 saturated carbocycles. The lowest BCUT2D eigenvalue weighted by Gasteiger charge is -2.40. The van der Waals surface area contributed by atoms with Crippen molar-refractivity contribution < 1.29 is 4.79 Å². The molecule has 2 saturated heterocycles. The molecule has 0 bridgehead atoms. The van der Waals surface area contributed by atoms with E-state index < -0.39 is 0 Å². The zero-order valence-electron chi connectivity index (χ0n) is 21.2. The van der Waals surface area contributed by atoms with Crippen LogP contribution in [0.1, 0.15) is 25.0 Å². The van der Waals surface area contributed by atoms with E-state index >= 15 is 0 Å². The number of nitrogens with one attached hydrogen (secondary N) is 2. The Morgan fingerprint density at radius 3 is 2.95 bits per heavy atom. The number of benzene rings is 1. The summed E-state index contributed by atoms with van der Waals surface area (Å²) in [5, 5.41) is 10.1. The van der Waals surface area contributed by atoms with Crippen molar-refractivity contribution in [2.24, 2.45) is 7.05 Å². The summed E-state index contributed by atoms with van der Waals surface area (Å²) in [5.41, 5.74) is 6.30. The Bertz CT molecular complexity index is 1520. The lowest BCUT2D eigenvalue weighted by molar-refractivity contribution is 0.0975. The molecule has 1 aromatic carbocycles. The van der Waals surface area contributed by atoms with Crippen LogP contribution in [0, 0.1) is 0 Å². The smallest absolute Gasteiger partial charge is 0.320 e. The highest BCUT2D eigenvalue weighted by Crippen LogP contribution is 2.31. The third-order valence-electron chi connectivity index (χ3n) is 8.24. The molecule has 0 radical (unpaired) electrons. The van der Waals surface area contributed by atoms with Crippen LogP contribution in [0.25, 0.3) is 27.5 Å². The second kappa shape index (κ2) is 8.92. The predicted octanol–water partition coefficient (Wildman–Crippen LogP) is 4.18. The van der Waals surface area contributed by atoms with E-state index in [-0.39, 0.29) is 6.03 Å². The number of hydrogen-bond acceptors (Lipinski definition) is 5. The molecule has 3 aromatic heterocycles. The van der Waals surface area contributed by atoms with Crippen molar-refractivity contribution in [3.05, 3.63) is 54.5 Å². The van der Waals surface area contributed by atoms with E-state index in [4.69, 9.17) is 0 Å².